The van der Waals surface area contributed by atoms with Crippen molar-refractivity contribution in [2.45, 2.75) is 24.8 Å². The molecule has 1 aliphatic carbocycles. The van der Waals surface area contributed by atoms with Gasteiger partial charge in [-0.1, -0.05) is 66.2 Å². The van der Waals surface area contributed by atoms with Crippen molar-refractivity contribution < 1.29 is 14.7 Å². The molecule has 0 bridgehead atoms. The molecule has 7 nitrogen and oxygen atoms in total. The number of hydrogen-bond acceptors (Lipinski definition) is 4. The number of nitrogens with one attached hydrogen (secondary N) is 1. The number of rotatable bonds is 9. The standard InChI is InChI=1S/C32H28Cl2N4O3/c33-26-14-25(15-27(34)17-26)29-18-30(22-10-8-21(9-11-22)24-2-1-3-28(35)16-24)38(37-29)19-20-4-6-23(7-5-20)32(41)36-13-12-31(39)40/h1-11,14-16,18,26H,12-13,17,19,35H2,(H,36,41)(H,39,40). The lowest BCUT2D eigenvalue weighted by atomic mass is 10.0. The minimum Gasteiger partial charge on any atom is -0.481 e. The average molecular weight is 588 g/mol. The van der Waals surface area contributed by atoms with Gasteiger partial charge < -0.3 is 16.2 Å². The molecule has 9 heteroatoms. The van der Waals surface area contributed by atoms with Crippen molar-refractivity contribution in [1.82, 2.24) is 15.1 Å². The van der Waals surface area contributed by atoms with Gasteiger partial charge in [0.1, 0.15) is 0 Å². The Morgan fingerprint density at radius 1 is 1.00 bits per heavy atom. The maximum atomic E-state index is 12.4. The first-order valence-corrected chi connectivity index (χ1v) is 13.9. The van der Waals surface area contributed by atoms with E-state index < -0.39 is 5.97 Å². The number of nitrogen functional groups attached to an aromatic ring is 1. The topological polar surface area (TPSA) is 110 Å². The summed E-state index contributed by atoms with van der Waals surface area (Å²) < 4.78 is 1.92. The third kappa shape index (κ3) is 7.06. The largest absolute Gasteiger partial charge is 0.481 e. The van der Waals surface area contributed by atoms with E-state index >= 15 is 0 Å². The number of alkyl halides is 1. The number of hydrogen-bond donors (Lipinski definition) is 3. The number of halogens is 2. The number of carbonyl (C=O) groups is 2. The molecule has 1 aliphatic rings. The second kappa shape index (κ2) is 12.5. The predicted molar refractivity (Wildman–Crippen MR) is 164 cm³/mol. The first kappa shape index (κ1) is 28.2. The Bertz CT molecular complexity index is 1640. The van der Waals surface area contributed by atoms with Crippen LogP contribution in [0.5, 0.6) is 0 Å². The normalized spacial score (nSPS) is 14.7. The molecule has 1 amide bonds. The number of carboxylic acids is 1. The fourth-order valence-electron chi connectivity index (χ4n) is 4.66. The summed E-state index contributed by atoms with van der Waals surface area (Å²) in [6, 6.07) is 25.2. The summed E-state index contributed by atoms with van der Waals surface area (Å²) in [6.45, 7) is 0.533. The van der Waals surface area contributed by atoms with E-state index in [0.717, 1.165) is 39.2 Å². The van der Waals surface area contributed by atoms with Gasteiger partial charge in [-0.15, -0.1) is 11.6 Å². The number of nitrogens with two attached hydrogens (primary N) is 1. The highest BCUT2D eigenvalue weighted by Gasteiger charge is 2.18. The summed E-state index contributed by atoms with van der Waals surface area (Å²) >= 11 is 12.8. The molecule has 1 atom stereocenters. The summed E-state index contributed by atoms with van der Waals surface area (Å²) in [5.74, 6) is -1.28. The average Bonchev–Trinajstić information content (AvgIpc) is 3.36. The zero-order valence-corrected chi connectivity index (χ0v) is 23.6. The number of aromatic nitrogens is 2. The fraction of sp³-hybridized carbons (Fsp3) is 0.156. The molecule has 41 heavy (non-hydrogen) atoms. The molecule has 0 saturated heterocycles. The summed E-state index contributed by atoms with van der Waals surface area (Å²) in [5, 5.41) is 16.8. The van der Waals surface area contributed by atoms with Crippen LogP contribution in [0.2, 0.25) is 0 Å². The molecule has 5 rings (SSSR count). The van der Waals surface area contributed by atoms with E-state index in [9.17, 15) is 9.59 Å². The Balaban J connectivity index is 1.43. The van der Waals surface area contributed by atoms with Gasteiger partial charge >= 0.3 is 5.97 Å². The Morgan fingerprint density at radius 2 is 1.73 bits per heavy atom. The molecule has 4 aromatic rings. The highest BCUT2D eigenvalue weighted by molar-refractivity contribution is 6.32. The van der Waals surface area contributed by atoms with Gasteiger partial charge in [-0.3, -0.25) is 14.3 Å². The van der Waals surface area contributed by atoms with Crippen LogP contribution >= 0.6 is 23.2 Å². The first-order valence-electron chi connectivity index (χ1n) is 13.1. The summed E-state index contributed by atoms with van der Waals surface area (Å²) in [6.07, 6.45) is 4.32. The van der Waals surface area contributed by atoms with E-state index in [1.54, 1.807) is 12.1 Å². The molecule has 0 aliphatic heterocycles. The number of allylic oxidation sites excluding steroid dienone is 4. The first-order chi connectivity index (χ1) is 19.7. The number of amides is 1. The van der Waals surface area contributed by atoms with Gasteiger partial charge in [-0.25, -0.2) is 0 Å². The van der Waals surface area contributed by atoms with Gasteiger partial charge in [-0.2, -0.15) is 5.10 Å². The minimum absolute atomic E-state index is 0.0727. The summed E-state index contributed by atoms with van der Waals surface area (Å²) in [7, 11) is 0. The Hall–Kier alpha value is -4.33. The van der Waals surface area contributed by atoms with Crippen LogP contribution in [-0.2, 0) is 11.3 Å². The van der Waals surface area contributed by atoms with Crippen molar-refractivity contribution in [2.24, 2.45) is 0 Å². The van der Waals surface area contributed by atoms with Crippen LogP contribution < -0.4 is 11.1 Å². The van der Waals surface area contributed by atoms with Gasteiger partial charge in [0.2, 0.25) is 0 Å². The molecule has 208 valence electrons. The smallest absolute Gasteiger partial charge is 0.305 e. The lowest BCUT2D eigenvalue weighted by Crippen LogP contribution is -2.25. The maximum Gasteiger partial charge on any atom is 0.305 e. The molecule has 0 radical (unpaired) electrons. The van der Waals surface area contributed by atoms with Crippen LogP contribution in [0.3, 0.4) is 0 Å². The molecular formula is C32H28Cl2N4O3. The molecule has 3 aromatic carbocycles. The molecule has 4 N–H and O–H groups in total. The quantitative estimate of drug-likeness (QED) is 0.152. The van der Waals surface area contributed by atoms with Gasteiger partial charge in [0.05, 0.1) is 29.7 Å². The number of aliphatic carboxylic acids is 1. The second-order valence-corrected chi connectivity index (χ2v) is 10.9. The van der Waals surface area contributed by atoms with Gasteiger partial charge in [0.25, 0.3) is 5.91 Å². The van der Waals surface area contributed by atoms with Crippen LogP contribution in [0.4, 0.5) is 5.69 Å². The predicted octanol–water partition coefficient (Wildman–Crippen LogP) is 6.57. The van der Waals surface area contributed by atoms with Gasteiger partial charge in [0.15, 0.2) is 0 Å². The van der Waals surface area contributed by atoms with Crippen LogP contribution in [0.1, 0.15) is 34.5 Å². The molecule has 1 unspecified atom stereocenters. The Labute approximate surface area is 247 Å². The summed E-state index contributed by atoms with van der Waals surface area (Å²) in [4.78, 5) is 23.1. The SMILES string of the molecule is Nc1cccc(-c2ccc(-c3cc(C4=CC(Cl)CC(Cl)=C4)nn3Cc3ccc(C(=O)NCCC(=O)O)cc3)cc2)c1. The van der Waals surface area contributed by atoms with E-state index in [1.165, 1.54) is 0 Å². The Morgan fingerprint density at radius 3 is 2.41 bits per heavy atom. The van der Waals surface area contributed by atoms with E-state index in [-0.39, 0.29) is 24.2 Å². The number of anilines is 1. The zero-order valence-electron chi connectivity index (χ0n) is 22.1. The Kier molecular flexibility index (Phi) is 8.57. The molecule has 0 spiro atoms. The second-order valence-electron chi connectivity index (χ2n) is 9.81. The lowest BCUT2D eigenvalue weighted by molar-refractivity contribution is -0.136. The molecule has 0 fully saturated rings. The number of nitrogens with zero attached hydrogens (tertiary/aromatic N) is 2. The van der Waals surface area contributed by atoms with Crippen molar-refractivity contribution in [3.05, 3.63) is 113 Å². The maximum absolute atomic E-state index is 12.4. The molecule has 1 aromatic heterocycles. The van der Waals surface area contributed by atoms with Gasteiger partial charge in [-0.05, 0) is 58.7 Å². The highest BCUT2D eigenvalue weighted by atomic mass is 35.5. The van der Waals surface area contributed by atoms with Crippen molar-refractivity contribution in [1.29, 1.82) is 0 Å². The van der Waals surface area contributed by atoms with Crippen molar-refractivity contribution in [3.63, 3.8) is 0 Å². The number of benzene rings is 3. The fourth-order valence-corrected chi connectivity index (χ4v) is 5.32. The third-order valence-electron chi connectivity index (χ3n) is 6.71. The summed E-state index contributed by atoms with van der Waals surface area (Å²) in [5.41, 5.74) is 13.7. The van der Waals surface area contributed by atoms with Gasteiger partial charge in [0, 0.05) is 34.8 Å². The van der Waals surface area contributed by atoms with Crippen molar-refractivity contribution in [2.75, 3.05) is 12.3 Å². The van der Waals surface area contributed by atoms with Crippen LogP contribution in [-0.4, -0.2) is 38.7 Å². The molecule has 1 heterocycles. The van der Waals surface area contributed by atoms with Crippen LogP contribution in [0.15, 0.2) is 96.0 Å². The van der Waals surface area contributed by atoms with E-state index in [2.05, 4.69) is 29.6 Å². The molecular weight excluding hydrogens is 559 g/mol. The number of carboxylic acid groups (broad SMARTS) is 1. The number of carbonyl (C=O) groups excluding carboxylic acids is 1. The molecule has 0 saturated carbocycles. The zero-order chi connectivity index (χ0) is 28.9. The van der Waals surface area contributed by atoms with Crippen LogP contribution in [0.25, 0.3) is 28.0 Å². The van der Waals surface area contributed by atoms with Crippen molar-refractivity contribution in [3.8, 4) is 22.4 Å². The lowest BCUT2D eigenvalue weighted by Gasteiger charge is -2.12. The van der Waals surface area contributed by atoms with E-state index in [4.69, 9.17) is 39.1 Å². The van der Waals surface area contributed by atoms with E-state index in [0.29, 0.717) is 29.2 Å². The minimum atomic E-state index is -0.960. The van der Waals surface area contributed by atoms with E-state index in [1.807, 2.05) is 59.3 Å². The van der Waals surface area contributed by atoms with Crippen LogP contribution in [0, 0.1) is 0 Å². The highest BCUT2D eigenvalue weighted by Crippen LogP contribution is 2.33. The monoisotopic (exact) mass is 586 g/mol. The third-order valence-corrected chi connectivity index (χ3v) is 7.26. The van der Waals surface area contributed by atoms with Crippen molar-refractivity contribution >= 4 is 46.3 Å².